The fraction of sp³-hybridized carbons (Fsp3) is 0.120. The number of anilines is 2. The lowest BCUT2D eigenvalue weighted by atomic mass is 10.2. The molecular weight excluding hydrogens is 587 g/mol. The summed E-state index contributed by atoms with van der Waals surface area (Å²) in [6.45, 7) is 1.87. The molecule has 0 fully saturated rings. The van der Waals surface area contributed by atoms with Crippen LogP contribution >= 0.6 is 39.1 Å². The van der Waals surface area contributed by atoms with Crippen LogP contribution in [0.2, 0.25) is 10.0 Å². The molecule has 3 amide bonds. The number of hydrogen-bond donors (Lipinski definition) is 3. The minimum Gasteiger partial charge on any atom is -0.492 e. The number of halogens is 3. The standard InChI is InChI=1S/C25H21BrCl2N4O5/c1-2-36-21-9-4-3-7-18(21)31-24(34)25(35)32-29-13-15-12-16(26)10-11-20(15)37-14-22(33)30-19-8-5-6-17(27)23(19)28/h3-13H,2,14H2,1H3,(H,30,33)(H,31,34)(H,32,35)/b29-13-. The maximum atomic E-state index is 12.3. The first-order chi connectivity index (χ1) is 17.8. The molecule has 3 rings (SSSR count). The lowest BCUT2D eigenvalue weighted by molar-refractivity contribution is -0.136. The zero-order valence-corrected chi connectivity index (χ0v) is 22.5. The summed E-state index contributed by atoms with van der Waals surface area (Å²) < 4.78 is 11.7. The van der Waals surface area contributed by atoms with Crippen LogP contribution in [-0.4, -0.2) is 37.1 Å². The van der Waals surface area contributed by atoms with E-state index < -0.39 is 17.7 Å². The monoisotopic (exact) mass is 606 g/mol. The third-order valence-corrected chi connectivity index (χ3v) is 5.88. The second kappa shape index (κ2) is 13.6. The molecule has 3 aromatic carbocycles. The van der Waals surface area contributed by atoms with Gasteiger partial charge in [0.1, 0.15) is 11.5 Å². The smallest absolute Gasteiger partial charge is 0.329 e. The number of nitrogens with one attached hydrogen (secondary N) is 3. The van der Waals surface area contributed by atoms with E-state index in [-0.39, 0.29) is 11.6 Å². The lowest BCUT2D eigenvalue weighted by Gasteiger charge is -2.11. The Morgan fingerprint density at radius 3 is 2.46 bits per heavy atom. The summed E-state index contributed by atoms with van der Waals surface area (Å²) in [5, 5.41) is 9.46. The molecule has 192 valence electrons. The van der Waals surface area contributed by atoms with Crippen molar-refractivity contribution in [3.63, 3.8) is 0 Å². The Balaban J connectivity index is 1.60. The van der Waals surface area contributed by atoms with Crippen LogP contribution in [0.1, 0.15) is 12.5 Å². The van der Waals surface area contributed by atoms with E-state index in [1.807, 2.05) is 0 Å². The fourth-order valence-electron chi connectivity index (χ4n) is 2.92. The molecule has 0 saturated carbocycles. The maximum Gasteiger partial charge on any atom is 0.329 e. The molecule has 0 aromatic heterocycles. The van der Waals surface area contributed by atoms with Crippen LogP contribution in [0.25, 0.3) is 0 Å². The summed E-state index contributed by atoms with van der Waals surface area (Å²) in [6, 6.07) is 16.6. The Bertz CT molecular complexity index is 1340. The van der Waals surface area contributed by atoms with E-state index in [9.17, 15) is 14.4 Å². The number of carbonyl (C=O) groups excluding carboxylic acids is 3. The number of hydrogen-bond acceptors (Lipinski definition) is 6. The SMILES string of the molecule is CCOc1ccccc1NC(=O)C(=O)N/N=C\c1cc(Br)ccc1OCC(=O)Nc1cccc(Cl)c1Cl. The molecule has 3 aromatic rings. The van der Waals surface area contributed by atoms with Gasteiger partial charge in [-0.25, -0.2) is 5.43 Å². The molecule has 0 saturated heterocycles. The van der Waals surface area contributed by atoms with Gasteiger partial charge in [-0.15, -0.1) is 0 Å². The quantitative estimate of drug-likeness (QED) is 0.174. The molecule has 0 aliphatic carbocycles. The van der Waals surface area contributed by atoms with Gasteiger partial charge in [-0.1, -0.05) is 57.3 Å². The number of hydrazone groups is 1. The van der Waals surface area contributed by atoms with E-state index >= 15 is 0 Å². The highest BCUT2D eigenvalue weighted by molar-refractivity contribution is 9.10. The van der Waals surface area contributed by atoms with Crippen molar-refractivity contribution in [3.05, 3.63) is 80.7 Å². The Morgan fingerprint density at radius 2 is 1.68 bits per heavy atom. The zero-order chi connectivity index (χ0) is 26.8. The molecule has 9 nitrogen and oxygen atoms in total. The minimum atomic E-state index is -0.988. The van der Waals surface area contributed by atoms with E-state index in [1.165, 1.54) is 6.21 Å². The highest BCUT2D eigenvalue weighted by Crippen LogP contribution is 2.29. The normalized spacial score (nSPS) is 10.6. The van der Waals surface area contributed by atoms with Gasteiger partial charge in [-0.05, 0) is 49.4 Å². The molecule has 0 heterocycles. The predicted octanol–water partition coefficient (Wildman–Crippen LogP) is 5.26. The molecule has 37 heavy (non-hydrogen) atoms. The van der Waals surface area contributed by atoms with Gasteiger partial charge in [0.05, 0.1) is 34.2 Å². The highest BCUT2D eigenvalue weighted by atomic mass is 79.9. The van der Waals surface area contributed by atoms with Gasteiger partial charge in [0.15, 0.2) is 6.61 Å². The van der Waals surface area contributed by atoms with Gasteiger partial charge in [-0.2, -0.15) is 5.10 Å². The molecule has 0 radical (unpaired) electrons. The van der Waals surface area contributed by atoms with Crippen LogP contribution in [0.4, 0.5) is 11.4 Å². The summed E-state index contributed by atoms with van der Waals surface area (Å²) in [6.07, 6.45) is 1.28. The molecule has 0 atom stereocenters. The maximum absolute atomic E-state index is 12.3. The van der Waals surface area contributed by atoms with E-state index in [1.54, 1.807) is 67.6 Å². The fourth-order valence-corrected chi connectivity index (χ4v) is 3.65. The second-order valence-corrected chi connectivity index (χ2v) is 8.90. The van der Waals surface area contributed by atoms with Crippen LogP contribution in [0.15, 0.2) is 70.2 Å². The van der Waals surface area contributed by atoms with Crippen molar-refractivity contribution in [2.75, 3.05) is 23.8 Å². The van der Waals surface area contributed by atoms with Gasteiger partial charge in [0, 0.05) is 10.0 Å². The molecule has 3 N–H and O–H groups in total. The Hall–Kier alpha value is -3.60. The van der Waals surface area contributed by atoms with Crippen molar-refractivity contribution in [1.29, 1.82) is 0 Å². The molecule has 12 heteroatoms. The summed E-state index contributed by atoms with van der Waals surface area (Å²) >= 11 is 15.4. The molecule has 0 unspecified atom stereocenters. The summed E-state index contributed by atoms with van der Waals surface area (Å²) in [5.74, 6) is -1.63. The number of benzene rings is 3. The van der Waals surface area contributed by atoms with Crippen molar-refractivity contribution in [2.24, 2.45) is 5.10 Å². The summed E-state index contributed by atoms with van der Waals surface area (Å²) in [4.78, 5) is 36.8. The van der Waals surface area contributed by atoms with Crippen molar-refractivity contribution in [2.45, 2.75) is 6.92 Å². The lowest BCUT2D eigenvalue weighted by Crippen LogP contribution is -2.32. The minimum absolute atomic E-state index is 0.218. The molecule has 0 aliphatic rings. The van der Waals surface area contributed by atoms with Crippen LogP contribution in [0.5, 0.6) is 11.5 Å². The average molecular weight is 608 g/mol. The Morgan fingerprint density at radius 1 is 0.919 bits per heavy atom. The van der Waals surface area contributed by atoms with Gasteiger partial charge >= 0.3 is 11.8 Å². The van der Waals surface area contributed by atoms with Gasteiger partial charge in [0.25, 0.3) is 5.91 Å². The van der Waals surface area contributed by atoms with Gasteiger partial charge in [0.2, 0.25) is 0 Å². The molecule has 0 bridgehead atoms. The second-order valence-electron chi connectivity index (χ2n) is 7.20. The number of carbonyl (C=O) groups is 3. The van der Waals surface area contributed by atoms with E-state index in [0.717, 1.165) is 0 Å². The first kappa shape index (κ1) is 28.0. The number of ether oxygens (including phenoxy) is 2. The van der Waals surface area contributed by atoms with E-state index in [4.69, 9.17) is 32.7 Å². The first-order valence-corrected chi connectivity index (χ1v) is 12.4. The molecular formula is C25H21BrCl2N4O5. The van der Waals surface area contributed by atoms with Gasteiger partial charge in [-0.3, -0.25) is 14.4 Å². The van der Waals surface area contributed by atoms with Crippen molar-refractivity contribution < 1.29 is 23.9 Å². The van der Waals surface area contributed by atoms with Crippen LogP contribution in [-0.2, 0) is 14.4 Å². The number of rotatable bonds is 9. The predicted molar refractivity (Wildman–Crippen MR) is 147 cm³/mol. The van der Waals surface area contributed by atoms with Crippen LogP contribution in [0.3, 0.4) is 0 Å². The summed E-state index contributed by atoms with van der Waals surface area (Å²) in [5.41, 5.74) is 3.30. The Labute approximate surface area is 231 Å². The van der Waals surface area contributed by atoms with Crippen molar-refractivity contribution in [1.82, 2.24) is 5.43 Å². The Kier molecular flexibility index (Phi) is 10.3. The van der Waals surface area contributed by atoms with Crippen molar-refractivity contribution >= 4 is 74.4 Å². The summed E-state index contributed by atoms with van der Waals surface area (Å²) in [7, 11) is 0. The van der Waals surface area contributed by atoms with E-state index in [0.29, 0.717) is 44.5 Å². The third kappa shape index (κ3) is 8.21. The zero-order valence-electron chi connectivity index (χ0n) is 19.4. The highest BCUT2D eigenvalue weighted by Gasteiger charge is 2.15. The number of para-hydroxylation sites is 2. The molecule has 0 spiro atoms. The molecule has 0 aliphatic heterocycles. The first-order valence-electron chi connectivity index (χ1n) is 10.8. The number of amides is 3. The van der Waals surface area contributed by atoms with Crippen molar-refractivity contribution in [3.8, 4) is 11.5 Å². The van der Waals surface area contributed by atoms with Crippen LogP contribution < -0.4 is 25.5 Å². The average Bonchev–Trinajstić information content (AvgIpc) is 2.87. The third-order valence-electron chi connectivity index (χ3n) is 4.57. The van der Waals surface area contributed by atoms with E-state index in [2.05, 4.69) is 37.1 Å². The van der Waals surface area contributed by atoms with Crippen LogP contribution in [0, 0.1) is 0 Å². The topological polar surface area (TPSA) is 118 Å². The van der Waals surface area contributed by atoms with Gasteiger partial charge < -0.3 is 20.1 Å². The largest absolute Gasteiger partial charge is 0.492 e. The number of nitrogens with zero attached hydrogens (tertiary/aromatic N) is 1.